The molecule has 0 aromatic heterocycles. The Bertz CT molecular complexity index is 209. The van der Waals surface area contributed by atoms with E-state index in [1.54, 1.807) is 0 Å². The van der Waals surface area contributed by atoms with E-state index in [4.69, 9.17) is 28.3 Å². The molecule has 0 unspecified atom stereocenters. The van der Waals surface area contributed by atoms with E-state index < -0.39 is 16.7 Å². The molecule has 0 aliphatic rings. The van der Waals surface area contributed by atoms with Crippen molar-refractivity contribution < 1.29 is 14.7 Å². The van der Waals surface area contributed by atoms with Crippen LogP contribution in [0.15, 0.2) is 0 Å². The van der Waals surface area contributed by atoms with Crippen LogP contribution in [0.4, 0.5) is 0 Å². The second-order valence-electron chi connectivity index (χ2n) is 2.81. The first kappa shape index (κ1) is 13.5. The van der Waals surface area contributed by atoms with E-state index in [1.165, 1.54) is 0 Å². The average Bonchev–Trinajstić information content (AvgIpc) is 2.10. The van der Waals surface area contributed by atoms with Gasteiger partial charge in [-0.15, -0.1) is 0 Å². The highest BCUT2D eigenvalue weighted by Crippen LogP contribution is 2.08. The summed E-state index contributed by atoms with van der Waals surface area (Å²) in [7, 11) is 0. The molecule has 1 amide bonds. The summed E-state index contributed by atoms with van der Waals surface area (Å²) in [5, 5.41) is 8.53. The molecule has 0 aromatic rings. The Kier molecular flexibility index (Phi) is 6.66. The maximum absolute atomic E-state index is 11.3. The van der Waals surface area contributed by atoms with Crippen molar-refractivity contribution >= 4 is 35.1 Å². The Balaban J connectivity index is 4.22. The molecule has 0 fully saturated rings. The largest absolute Gasteiger partial charge is 0.480 e. The first-order valence-corrected chi connectivity index (χ1v) is 5.15. The zero-order valence-electron chi connectivity index (χ0n) is 7.87. The summed E-state index contributed by atoms with van der Waals surface area (Å²) >= 11 is 10.7. The van der Waals surface area contributed by atoms with Crippen molar-refractivity contribution in [3.8, 4) is 0 Å². The smallest absolute Gasteiger partial charge is 0.323 e. The third-order valence-electron chi connectivity index (χ3n) is 1.61. The van der Waals surface area contributed by atoms with Crippen LogP contribution >= 0.6 is 23.2 Å². The number of hydrogen-bond acceptors (Lipinski definition) is 2. The lowest BCUT2D eigenvalue weighted by atomic mass is 10.3. The van der Waals surface area contributed by atoms with Gasteiger partial charge in [0.15, 0.2) is 4.84 Å². The van der Waals surface area contributed by atoms with Crippen molar-refractivity contribution in [3.05, 3.63) is 0 Å². The summed E-state index contributed by atoms with van der Waals surface area (Å²) in [5.74, 6) is -1.62. The van der Waals surface area contributed by atoms with Crippen LogP contribution in [-0.2, 0) is 9.59 Å². The van der Waals surface area contributed by atoms with Crippen LogP contribution in [0.25, 0.3) is 0 Å². The van der Waals surface area contributed by atoms with Gasteiger partial charge < -0.3 is 10.0 Å². The van der Waals surface area contributed by atoms with E-state index >= 15 is 0 Å². The van der Waals surface area contributed by atoms with Gasteiger partial charge in [-0.1, -0.05) is 36.5 Å². The molecule has 82 valence electrons. The highest BCUT2D eigenvalue weighted by atomic mass is 35.5. The van der Waals surface area contributed by atoms with E-state index in [2.05, 4.69) is 0 Å². The second kappa shape index (κ2) is 6.90. The minimum absolute atomic E-state index is 0.352. The molecule has 0 heterocycles. The molecule has 1 N–H and O–H groups in total. The Morgan fingerprint density at radius 2 is 2.00 bits per heavy atom. The summed E-state index contributed by atoms with van der Waals surface area (Å²) in [6.07, 6.45) is 1.61. The molecule has 0 saturated heterocycles. The van der Waals surface area contributed by atoms with Gasteiger partial charge in [-0.2, -0.15) is 0 Å². The van der Waals surface area contributed by atoms with Gasteiger partial charge in [0.05, 0.1) is 0 Å². The number of halogens is 2. The maximum Gasteiger partial charge on any atom is 0.323 e. The molecule has 0 atom stereocenters. The van der Waals surface area contributed by atoms with Crippen LogP contribution in [0.3, 0.4) is 0 Å². The molecule has 0 bridgehead atoms. The predicted molar refractivity (Wildman–Crippen MR) is 54.6 cm³/mol. The number of nitrogens with zero attached hydrogens (tertiary/aromatic N) is 1. The minimum Gasteiger partial charge on any atom is -0.480 e. The van der Waals surface area contributed by atoms with E-state index in [0.717, 1.165) is 17.7 Å². The summed E-state index contributed by atoms with van der Waals surface area (Å²) in [5.41, 5.74) is 0. The molecular weight excluding hydrogens is 229 g/mol. The number of aliphatic carboxylic acids is 1. The molecule has 0 aromatic carbocycles. The van der Waals surface area contributed by atoms with Gasteiger partial charge in [-0.3, -0.25) is 9.59 Å². The Morgan fingerprint density at radius 1 is 1.43 bits per heavy atom. The number of carboxylic acid groups (broad SMARTS) is 1. The number of alkyl halides is 2. The van der Waals surface area contributed by atoms with Crippen molar-refractivity contribution in [2.24, 2.45) is 0 Å². The van der Waals surface area contributed by atoms with Crippen molar-refractivity contribution in [1.82, 2.24) is 4.90 Å². The molecular formula is C8H13Cl2NO3. The van der Waals surface area contributed by atoms with Crippen molar-refractivity contribution in [2.75, 3.05) is 13.1 Å². The third kappa shape index (κ3) is 5.29. The summed E-state index contributed by atoms with van der Waals surface area (Å²) in [4.78, 5) is 21.7. The first-order chi connectivity index (χ1) is 6.49. The Morgan fingerprint density at radius 3 is 2.36 bits per heavy atom. The molecule has 0 saturated carbocycles. The van der Waals surface area contributed by atoms with E-state index in [9.17, 15) is 9.59 Å². The van der Waals surface area contributed by atoms with E-state index in [1.807, 2.05) is 6.92 Å². The van der Waals surface area contributed by atoms with Crippen LogP contribution < -0.4 is 0 Å². The highest BCUT2D eigenvalue weighted by molar-refractivity contribution is 6.53. The number of carbonyl (C=O) groups is 2. The van der Waals surface area contributed by atoms with Gasteiger partial charge in [-0.25, -0.2) is 0 Å². The van der Waals surface area contributed by atoms with Gasteiger partial charge in [0.1, 0.15) is 6.54 Å². The van der Waals surface area contributed by atoms with E-state index in [-0.39, 0.29) is 6.54 Å². The van der Waals surface area contributed by atoms with E-state index in [0.29, 0.717) is 6.54 Å². The Labute approximate surface area is 92.8 Å². The predicted octanol–water partition coefficient (Wildman–Crippen LogP) is 1.50. The molecule has 0 aliphatic heterocycles. The number of carbonyl (C=O) groups excluding carboxylic acids is 1. The number of amides is 1. The van der Waals surface area contributed by atoms with Crippen LogP contribution in [-0.4, -0.2) is 39.8 Å². The summed E-state index contributed by atoms with van der Waals surface area (Å²) in [6, 6.07) is 0. The van der Waals surface area contributed by atoms with Crippen molar-refractivity contribution in [1.29, 1.82) is 0 Å². The van der Waals surface area contributed by atoms with Crippen LogP contribution in [0.1, 0.15) is 19.8 Å². The molecule has 0 radical (unpaired) electrons. The molecule has 6 heteroatoms. The van der Waals surface area contributed by atoms with Gasteiger partial charge in [0, 0.05) is 6.54 Å². The zero-order valence-corrected chi connectivity index (χ0v) is 9.38. The maximum atomic E-state index is 11.3. The standard InChI is InChI=1S/C8H13Cl2NO3/c1-2-3-4-11(5-6(12)13)8(14)7(9)10/h7H,2-5H2,1H3,(H,12,13). The molecule has 0 aliphatic carbocycles. The summed E-state index contributed by atoms with van der Waals surface area (Å²) in [6.45, 7) is 1.97. The number of rotatable bonds is 6. The lowest BCUT2D eigenvalue weighted by Crippen LogP contribution is -2.39. The number of carboxylic acids is 1. The fourth-order valence-electron chi connectivity index (χ4n) is 0.917. The van der Waals surface area contributed by atoms with Crippen LogP contribution in [0.2, 0.25) is 0 Å². The Hall–Kier alpha value is -0.480. The molecule has 0 rings (SSSR count). The minimum atomic E-state index is -1.19. The second-order valence-corrected chi connectivity index (χ2v) is 3.90. The normalized spacial score (nSPS) is 10.3. The topological polar surface area (TPSA) is 57.6 Å². The SMILES string of the molecule is CCCCN(CC(=O)O)C(=O)C(Cl)Cl. The zero-order chi connectivity index (χ0) is 11.1. The lowest BCUT2D eigenvalue weighted by Gasteiger charge is -2.20. The van der Waals surface area contributed by atoms with Crippen molar-refractivity contribution in [3.63, 3.8) is 0 Å². The lowest BCUT2D eigenvalue weighted by molar-refractivity contribution is -0.143. The number of unbranched alkanes of at least 4 members (excludes halogenated alkanes) is 1. The van der Waals surface area contributed by atoms with Crippen LogP contribution in [0.5, 0.6) is 0 Å². The number of hydrogen-bond donors (Lipinski definition) is 1. The van der Waals surface area contributed by atoms with Gasteiger partial charge in [0.25, 0.3) is 5.91 Å². The van der Waals surface area contributed by atoms with Crippen LogP contribution in [0, 0.1) is 0 Å². The fraction of sp³-hybridized carbons (Fsp3) is 0.750. The molecule has 0 spiro atoms. The van der Waals surface area contributed by atoms with Gasteiger partial charge in [-0.05, 0) is 6.42 Å². The average molecular weight is 242 g/mol. The van der Waals surface area contributed by atoms with Crippen molar-refractivity contribution in [2.45, 2.75) is 24.6 Å². The summed E-state index contributed by atoms with van der Waals surface area (Å²) < 4.78 is 0. The van der Waals surface area contributed by atoms with Gasteiger partial charge in [0.2, 0.25) is 0 Å². The quantitative estimate of drug-likeness (QED) is 0.718. The third-order valence-corrected chi connectivity index (χ3v) is 1.98. The van der Waals surface area contributed by atoms with Gasteiger partial charge >= 0.3 is 5.97 Å². The first-order valence-electron chi connectivity index (χ1n) is 4.27. The molecule has 14 heavy (non-hydrogen) atoms. The highest BCUT2D eigenvalue weighted by Gasteiger charge is 2.21. The molecule has 4 nitrogen and oxygen atoms in total. The fourth-order valence-corrected chi connectivity index (χ4v) is 1.19. The monoisotopic (exact) mass is 241 g/mol.